The van der Waals surface area contributed by atoms with E-state index in [1.807, 2.05) is 24.5 Å². The number of halogens is 1. The van der Waals surface area contributed by atoms with Gasteiger partial charge in [0.1, 0.15) is 23.3 Å². The van der Waals surface area contributed by atoms with Gasteiger partial charge in [-0.3, -0.25) is 4.90 Å². The van der Waals surface area contributed by atoms with Gasteiger partial charge in [-0.15, -0.1) is 0 Å². The van der Waals surface area contributed by atoms with E-state index in [1.165, 1.54) is 17.7 Å². The third kappa shape index (κ3) is 4.46. The second kappa shape index (κ2) is 8.75. The number of aryl methyl sites for hydroxylation is 1. The first kappa shape index (κ1) is 20.1. The van der Waals surface area contributed by atoms with Gasteiger partial charge >= 0.3 is 0 Å². The largest absolute Gasteiger partial charge is 0.352 e. The van der Waals surface area contributed by atoms with Crippen LogP contribution >= 0.6 is 0 Å². The third-order valence-corrected chi connectivity index (χ3v) is 6.53. The molecule has 1 N–H and O–H groups in total. The molecule has 0 aliphatic carbocycles. The van der Waals surface area contributed by atoms with Crippen LogP contribution in [0.1, 0.15) is 53.7 Å². The van der Waals surface area contributed by atoms with Crippen LogP contribution < -0.4 is 4.90 Å². The van der Waals surface area contributed by atoms with Crippen molar-refractivity contribution >= 4 is 5.82 Å². The van der Waals surface area contributed by atoms with Crippen molar-refractivity contribution in [2.24, 2.45) is 0 Å². The number of imidazole rings is 1. The zero-order valence-electron chi connectivity index (χ0n) is 18.0. The first-order chi connectivity index (χ1) is 15.2. The highest BCUT2D eigenvalue weighted by Gasteiger charge is 2.27. The second-order valence-corrected chi connectivity index (χ2v) is 8.71. The fraction of sp³-hybridized carbons (Fsp3) is 0.458. The van der Waals surface area contributed by atoms with Gasteiger partial charge in [0.2, 0.25) is 0 Å². The molecule has 2 aliphatic heterocycles. The maximum absolute atomic E-state index is 13.3. The Morgan fingerprint density at radius 3 is 2.61 bits per heavy atom. The maximum Gasteiger partial charge on any atom is 0.136 e. The van der Waals surface area contributed by atoms with Gasteiger partial charge in [-0.25, -0.2) is 19.3 Å². The van der Waals surface area contributed by atoms with Gasteiger partial charge < -0.3 is 9.88 Å². The molecule has 6 nitrogen and oxygen atoms in total. The summed E-state index contributed by atoms with van der Waals surface area (Å²) >= 11 is 0. The molecule has 1 saturated heterocycles. The topological polar surface area (TPSA) is 60.9 Å². The number of rotatable bonds is 5. The first-order valence-corrected chi connectivity index (χ1v) is 11.2. The Morgan fingerprint density at radius 2 is 1.87 bits per heavy atom. The van der Waals surface area contributed by atoms with Crippen LogP contribution in [0.3, 0.4) is 0 Å². The number of piperidine rings is 1. The zero-order chi connectivity index (χ0) is 21.2. The van der Waals surface area contributed by atoms with Crippen LogP contribution in [0.25, 0.3) is 0 Å². The molecule has 1 aromatic carbocycles. The molecule has 5 rings (SSSR count). The van der Waals surface area contributed by atoms with Gasteiger partial charge in [-0.1, -0.05) is 12.1 Å². The van der Waals surface area contributed by atoms with E-state index < -0.39 is 0 Å². The van der Waals surface area contributed by atoms with Crippen LogP contribution in [0.15, 0.2) is 36.7 Å². The fourth-order valence-electron chi connectivity index (χ4n) is 4.80. The van der Waals surface area contributed by atoms with Gasteiger partial charge in [0.05, 0.1) is 6.54 Å². The lowest BCUT2D eigenvalue weighted by atomic mass is 9.95. The normalized spacial score (nSPS) is 17.7. The van der Waals surface area contributed by atoms with Gasteiger partial charge in [0, 0.05) is 42.7 Å². The Bertz CT molecular complexity index is 1010. The minimum atomic E-state index is -0.193. The summed E-state index contributed by atoms with van der Waals surface area (Å²) in [5.41, 5.74) is 3.49. The molecular weight excluding hydrogens is 391 g/mol. The van der Waals surface area contributed by atoms with Crippen LogP contribution in [0, 0.1) is 12.7 Å². The number of nitrogens with one attached hydrogen (secondary N) is 1. The van der Waals surface area contributed by atoms with Gasteiger partial charge in [-0.05, 0) is 63.4 Å². The second-order valence-electron chi connectivity index (χ2n) is 8.71. The number of aromatic nitrogens is 4. The molecular formula is C24H29FN6. The molecule has 0 unspecified atom stereocenters. The number of hydrogen-bond donors (Lipinski definition) is 1. The number of aromatic amines is 1. The summed E-state index contributed by atoms with van der Waals surface area (Å²) in [4.78, 5) is 22.4. The molecule has 0 spiro atoms. The highest BCUT2D eigenvalue weighted by molar-refractivity contribution is 5.52. The molecule has 0 saturated carbocycles. The van der Waals surface area contributed by atoms with Crippen molar-refractivity contribution in [2.45, 2.75) is 51.6 Å². The summed E-state index contributed by atoms with van der Waals surface area (Å²) in [5.74, 6) is 3.29. The number of likely N-dealkylation sites (tertiary alicyclic amines) is 1. The molecule has 0 radical (unpaired) electrons. The maximum atomic E-state index is 13.3. The average molecular weight is 421 g/mol. The average Bonchev–Trinajstić information content (AvgIpc) is 3.29. The summed E-state index contributed by atoms with van der Waals surface area (Å²) in [6.07, 6.45) is 7.95. The van der Waals surface area contributed by atoms with Crippen molar-refractivity contribution in [3.8, 4) is 0 Å². The minimum absolute atomic E-state index is 0.193. The molecule has 2 aliphatic rings. The highest BCUT2D eigenvalue weighted by Crippen LogP contribution is 2.33. The Balaban J connectivity index is 1.32. The molecule has 162 valence electrons. The van der Waals surface area contributed by atoms with Crippen LogP contribution in [0.5, 0.6) is 0 Å². The van der Waals surface area contributed by atoms with Gasteiger partial charge in [0.25, 0.3) is 0 Å². The van der Waals surface area contributed by atoms with Gasteiger partial charge in [0.15, 0.2) is 0 Å². The molecule has 4 heterocycles. The number of anilines is 1. The van der Waals surface area contributed by atoms with Gasteiger partial charge in [-0.2, -0.15) is 0 Å². The molecule has 3 aromatic rings. The summed E-state index contributed by atoms with van der Waals surface area (Å²) < 4.78 is 13.3. The Labute approximate surface area is 182 Å². The lowest BCUT2D eigenvalue weighted by Gasteiger charge is -2.34. The Morgan fingerprint density at radius 1 is 1.06 bits per heavy atom. The number of nitrogens with zero attached hydrogens (tertiary/aromatic N) is 5. The summed E-state index contributed by atoms with van der Waals surface area (Å²) in [6.45, 7) is 6.79. The van der Waals surface area contributed by atoms with Crippen LogP contribution in [0.4, 0.5) is 10.2 Å². The predicted octanol–water partition coefficient (Wildman–Crippen LogP) is 3.98. The smallest absolute Gasteiger partial charge is 0.136 e. The van der Waals surface area contributed by atoms with Crippen molar-refractivity contribution in [1.82, 2.24) is 24.8 Å². The van der Waals surface area contributed by atoms with E-state index in [2.05, 4.69) is 26.7 Å². The van der Waals surface area contributed by atoms with Crippen LogP contribution in [0.2, 0.25) is 0 Å². The molecule has 0 bridgehead atoms. The summed E-state index contributed by atoms with van der Waals surface area (Å²) in [5, 5.41) is 0. The Hall–Kier alpha value is -2.80. The van der Waals surface area contributed by atoms with E-state index in [9.17, 15) is 4.39 Å². The van der Waals surface area contributed by atoms with E-state index in [0.717, 1.165) is 87.1 Å². The number of benzene rings is 1. The van der Waals surface area contributed by atoms with Crippen LogP contribution in [-0.4, -0.2) is 44.5 Å². The van der Waals surface area contributed by atoms with Crippen LogP contribution in [-0.2, 0) is 19.5 Å². The van der Waals surface area contributed by atoms with Crippen molar-refractivity contribution in [2.75, 3.05) is 24.5 Å². The standard InChI is InChI=1S/C24H29FN6/c1-17-21-3-2-12-31(15-18-4-6-20(25)7-5-18)24(21)29-23(28-17)19-8-13-30(14-9-19)16-22-26-10-11-27-22/h4-7,10-11,19H,2-3,8-9,12-16H2,1H3,(H,26,27). The molecule has 31 heavy (non-hydrogen) atoms. The van der Waals surface area contributed by atoms with E-state index in [1.54, 1.807) is 0 Å². The van der Waals surface area contributed by atoms with E-state index >= 15 is 0 Å². The molecule has 0 atom stereocenters. The van der Waals surface area contributed by atoms with Crippen molar-refractivity contribution in [1.29, 1.82) is 0 Å². The SMILES string of the molecule is Cc1nc(C2CCN(Cc3ncc[nH]3)CC2)nc2c1CCCN2Cc1ccc(F)cc1. The summed E-state index contributed by atoms with van der Waals surface area (Å²) in [6, 6.07) is 6.81. The number of hydrogen-bond acceptors (Lipinski definition) is 5. The van der Waals surface area contributed by atoms with Crippen molar-refractivity contribution < 1.29 is 4.39 Å². The monoisotopic (exact) mass is 420 g/mol. The Kier molecular flexibility index (Phi) is 5.68. The fourth-order valence-corrected chi connectivity index (χ4v) is 4.80. The van der Waals surface area contributed by atoms with Crippen molar-refractivity contribution in [3.05, 3.63) is 70.9 Å². The summed E-state index contributed by atoms with van der Waals surface area (Å²) in [7, 11) is 0. The van der Waals surface area contributed by atoms with E-state index in [4.69, 9.17) is 9.97 Å². The van der Waals surface area contributed by atoms with E-state index in [0.29, 0.717) is 5.92 Å². The molecule has 2 aromatic heterocycles. The molecule has 0 amide bonds. The zero-order valence-corrected chi connectivity index (χ0v) is 18.0. The van der Waals surface area contributed by atoms with E-state index in [-0.39, 0.29) is 5.82 Å². The first-order valence-electron chi connectivity index (χ1n) is 11.2. The highest BCUT2D eigenvalue weighted by atomic mass is 19.1. The predicted molar refractivity (Wildman–Crippen MR) is 118 cm³/mol. The lowest BCUT2D eigenvalue weighted by Crippen LogP contribution is -2.34. The van der Waals surface area contributed by atoms with Crippen molar-refractivity contribution in [3.63, 3.8) is 0 Å². The number of H-pyrrole nitrogens is 1. The quantitative estimate of drug-likeness (QED) is 0.677. The third-order valence-electron chi connectivity index (χ3n) is 6.53. The minimum Gasteiger partial charge on any atom is -0.352 e. The molecule has 1 fully saturated rings. The number of fused-ring (bicyclic) bond motifs is 1. The lowest BCUT2D eigenvalue weighted by molar-refractivity contribution is 0.197. The molecule has 7 heteroatoms.